The van der Waals surface area contributed by atoms with E-state index in [1.54, 1.807) is 24.3 Å². The van der Waals surface area contributed by atoms with Crippen LogP contribution >= 0.6 is 0 Å². The third-order valence-corrected chi connectivity index (χ3v) is 4.65. The van der Waals surface area contributed by atoms with Crippen LogP contribution in [0.5, 0.6) is 0 Å². The molecule has 140 valence electrons. The second-order valence-corrected chi connectivity index (χ2v) is 6.44. The van der Waals surface area contributed by atoms with Gasteiger partial charge in [0.1, 0.15) is 0 Å². The van der Waals surface area contributed by atoms with Gasteiger partial charge in [-0.05, 0) is 24.1 Å². The molecule has 0 spiro atoms. The van der Waals surface area contributed by atoms with Crippen LogP contribution in [0.2, 0.25) is 0 Å². The van der Waals surface area contributed by atoms with Gasteiger partial charge in [0, 0.05) is 19.5 Å². The van der Waals surface area contributed by atoms with Crippen molar-refractivity contribution in [1.29, 1.82) is 0 Å². The molecule has 6 nitrogen and oxygen atoms in total. The summed E-state index contributed by atoms with van der Waals surface area (Å²) in [5.41, 5.74) is 1.95. The molecule has 6 heteroatoms. The number of nitrogens with one attached hydrogen (secondary N) is 1. The normalized spacial score (nSPS) is 16.3. The highest BCUT2D eigenvalue weighted by atomic mass is 16.5. The Morgan fingerprint density at radius 3 is 2.56 bits per heavy atom. The third-order valence-electron chi connectivity index (χ3n) is 4.65. The number of nitrogens with zero attached hydrogens (tertiary/aromatic N) is 1. The molecule has 2 aromatic rings. The van der Waals surface area contributed by atoms with E-state index in [1.165, 1.54) is 12.0 Å². The molecule has 0 aromatic heterocycles. The lowest BCUT2D eigenvalue weighted by Gasteiger charge is -2.19. The molecule has 1 saturated heterocycles. The number of carbonyl (C=O) groups excluding carboxylic acids is 3. The van der Waals surface area contributed by atoms with Gasteiger partial charge in [0.25, 0.3) is 0 Å². The van der Waals surface area contributed by atoms with Crippen molar-refractivity contribution in [3.05, 3.63) is 65.7 Å². The smallest absolute Gasteiger partial charge is 0.339 e. The van der Waals surface area contributed by atoms with Crippen molar-refractivity contribution in [2.75, 3.05) is 25.1 Å². The number of anilines is 1. The van der Waals surface area contributed by atoms with Crippen molar-refractivity contribution >= 4 is 23.5 Å². The lowest BCUT2D eigenvalue weighted by molar-refractivity contribution is -0.126. The van der Waals surface area contributed by atoms with Crippen molar-refractivity contribution in [3.63, 3.8) is 0 Å². The van der Waals surface area contributed by atoms with Crippen molar-refractivity contribution in [1.82, 2.24) is 5.32 Å². The Bertz CT molecular complexity index is 835. The van der Waals surface area contributed by atoms with Gasteiger partial charge in [-0.3, -0.25) is 9.59 Å². The summed E-state index contributed by atoms with van der Waals surface area (Å²) in [5, 5.41) is 2.90. The largest absolute Gasteiger partial charge is 0.465 e. The van der Waals surface area contributed by atoms with Crippen LogP contribution in [0.4, 0.5) is 5.69 Å². The standard InChI is InChI=1S/C21H22N2O4/c1-27-21(26)17-9-5-6-10-18(17)23-14-16(13-19(23)24)20(25)22-12-11-15-7-3-2-4-8-15/h2-10,16H,11-14H2,1H3,(H,22,25). The first-order valence-corrected chi connectivity index (χ1v) is 8.89. The minimum atomic E-state index is -0.505. The van der Waals surface area contributed by atoms with E-state index >= 15 is 0 Å². The number of benzene rings is 2. The number of para-hydroxylation sites is 1. The number of carbonyl (C=O) groups is 3. The van der Waals surface area contributed by atoms with Crippen LogP contribution < -0.4 is 10.2 Å². The zero-order valence-corrected chi connectivity index (χ0v) is 15.2. The monoisotopic (exact) mass is 366 g/mol. The number of methoxy groups -OCH3 is 1. The fraction of sp³-hybridized carbons (Fsp3) is 0.286. The number of ether oxygens (including phenoxy) is 1. The van der Waals surface area contributed by atoms with Crippen LogP contribution in [-0.2, 0) is 20.7 Å². The van der Waals surface area contributed by atoms with Crippen molar-refractivity contribution in [2.45, 2.75) is 12.8 Å². The molecule has 1 atom stereocenters. The topological polar surface area (TPSA) is 75.7 Å². The van der Waals surface area contributed by atoms with Crippen LogP contribution in [0.1, 0.15) is 22.3 Å². The third kappa shape index (κ3) is 4.34. The summed E-state index contributed by atoms with van der Waals surface area (Å²) in [6.07, 6.45) is 0.870. The quantitative estimate of drug-likeness (QED) is 0.795. The molecule has 0 aliphatic carbocycles. The molecule has 1 aliphatic rings. The molecule has 27 heavy (non-hydrogen) atoms. The van der Waals surface area contributed by atoms with E-state index in [0.29, 0.717) is 17.8 Å². The van der Waals surface area contributed by atoms with Crippen LogP contribution in [0, 0.1) is 5.92 Å². The van der Waals surface area contributed by atoms with E-state index in [2.05, 4.69) is 5.32 Å². The first-order chi connectivity index (χ1) is 13.1. The Balaban J connectivity index is 1.62. The van der Waals surface area contributed by atoms with Gasteiger partial charge >= 0.3 is 5.97 Å². The van der Waals surface area contributed by atoms with E-state index in [9.17, 15) is 14.4 Å². The highest BCUT2D eigenvalue weighted by Crippen LogP contribution is 2.28. The molecule has 3 rings (SSSR count). The second kappa shape index (κ2) is 8.49. The van der Waals surface area contributed by atoms with Gasteiger partial charge in [-0.1, -0.05) is 42.5 Å². The number of amides is 2. The van der Waals surface area contributed by atoms with Crippen molar-refractivity contribution in [3.8, 4) is 0 Å². The number of esters is 1. The van der Waals surface area contributed by atoms with Gasteiger partial charge in [0.05, 0.1) is 24.3 Å². The number of hydrogen-bond acceptors (Lipinski definition) is 4. The van der Waals surface area contributed by atoms with E-state index in [1.807, 2.05) is 30.3 Å². The summed E-state index contributed by atoms with van der Waals surface area (Å²) in [5.74, 6) is -1.25. The Kier molecular flexibility index (Phi) is 5.86. The summed E-state index contributed by atoms with van der Waals surface area (Å²) in [4.78, 5) is 38.3. The number of hydrogen-bond donors (Lipinski definition) is 1. The zero-order valence-electron chi connectivity index (χ0n) is 15.2. The number of rotatable bonds is 6. The van der Waals surface area contributed by atoms with Crippen LogP contribution in [0.3, 0.4) is 0 Å². The SMILES string of the molecule is COC(=O)c1ccccc1N1CC(C(=O)NCCc2ccccc2)CC1=O. The summed E-state index contributed by atoms with van der Waals surface area (Å²) >= 11 is 0. The van der Waals surface area contributed by atoms with Gasteiger partial charge < -0.3 is 15.0 Å². The van der Waals surface area contributed by atoms with Gasteiger partial charge in [0.2, 0.25) is 11.8 Å². The maximum Gasteiger partial charge on any atom is 0.339 e. The Morgan fingerprint density at radius 2 is 1.81 bits per heavy atom. The lowest BCUT2D eigenvalue weighted by atomic mass is 10.1. The highest BCUT2D eigenvalue weighted by Gasteiger charge is 2.36. The predicted molar refractivity (Wildman–Crippen MR) is 101 cm³/mol. The minimum absolute atomic E-state index is 0.132. The summed E-state index contributed by atoms with van der Waals surface area (Å²) in [6, 6.07) is 16.7. The van der Waals surface area contributed by atoms with E-state index in [0.717, 1.165) is 12.0 Å². The lowest BCUT2D eigenvalue weighted by Crippen LogP contribution is -2.34. The van der Waals surface area contributed by atoms with Crippen LogP contribution in [-0.4, -0.2) is 38.0 Å². The molecule has 0 saturated carbocycles. The molecule has 1 unspecified atom stereocenters. The zero-order chi connectivity index (χ0) is 19.2. The molecule has 1 N–H and O–H groups in total. The maximum absolute atomic E-state index is 12.5. The predicted octanol–water partition coefficient (Wildman–Crippen LogP) is 2.19. The molecule has 0 bridgehead atoms. The maximum atomic E-state index is 12.5. The van der Waals surface area contributed by atoms with Crippen LogP contribution in [0.15, 0.2) is 54.6 Å². The molecule has 2 aromatic carbocycles. The molecular weight excluding hydrogens is 344 g/mol. The van der Waals surface area contributed by atoms with E-state index < -0.39 is 11.9 Å². The van der Waals surface area contributed by atoms with Gasteiger partial charge in [-0.25, -0.2) is 4.79 Å². The molecule has 1 aliphatic heterocycles. The fourth-order valence-corrected chi connectivity index (χ4v) is 3.23. The average Bonchev–Trinajstić information content (AvgIpc) is 3.09. The molecule has 0 radical (unpaired) electrons. The average molecular weight is 366 g/mol. The van der Waals surface area contributed by atoms with Gasteiger partial charge in [-0.15, -0.1) is 0 Å². The van der Waals surface area contributed by atoms with Crippen molar-refractivity contribution in [2.24, 2.45) is 5.92 Å². The fourth-order valence-electron chi connectivity index (χ4n) is 3.23. The first-order valence-electron chi connectivity index (χ1n) is 8.89. The first kappa shape index (κ1) is 18.6. The van der Waals surface area contributed by atoms with E-state index in [-0.39, 0.29) is 24.8 Å². The summed E-state index contributed by atoms with van der Waals surface area (Å²) in [7, 11) is 1.30. The molecule has 1 heterocycles. The molecule has 2 amide bonds. The van der Waals surface area contributed by atoms with Gasteiger partial charge in [0.15, 0.2) is 0 Å². The second-order valence-electron chi connectivity index (χ2n) is 6.44. The Hall–Kier alpha value is -3.15. The Morgan fingerprint density at radius 1 is 1.11 bits per heavy atom. The van der Waals surface area contributed by atoms with Crippen molar-refractivity contribution < 1.29 is 19.1 Å². The molecular formula is C21H22N2O4. The Labute approximate surface area is 158 Å². The van der Waals surface area contributed by atoms with Gasteiger partial charge in [-0.2, -0.15) is 0 Å². The summed E-state index contributed by atoms with van der Waals surface area (Å²) < 4.78 is 4.79. The summed E-state index contributed by atoms with van der Waals surface area (Å²) in [6.45, 7) is 0.774. The minimum Gasteiger partial charge on any atom is -0.465 e. The van der Waals surface area contributed by atoms with Crippen LogP contribution in [0.25, 0.3) is 0 Å². The van der Waals surface area contributed by atoms with E-state index in [4.69, 9.17) is 4.74 Å². The molecule has 1 fully saturated rings. The highest BCUT2D eigenvalue weighted by molar-refractivity contribution is 6.05.